The molecule has 0 spiro atoms. The molecule has 4 rings (SSSR count). The van der Waals surface area contributed by atoms with E-state index in [0.717, 1.165) is 35.9 Å². The average molecular weight is 362 g/mol. The van der Waals surface area contributed by atoms with Gasteiger partial charge in [0.15, 0.2) is 0 Å². The highest BCUT2D eigenvalue weighted by Gasteiger charge is 2.40. The van der Waals surface area contributed by atoms with Crippen LogP contribution in [0.4, 0.5) is 0 Å². The Bertz CT molecular complexity index is 920. The number of rotatable bonds is 3. The van der Waals surface area contributed by atoms with E-state index in [2.05, 4.69) is 11.9 Å². The van der Waals surface area contributed by atoms with Crippen LogP contribution in [0.15, 0.2) is 30.5 Å². The second-order valence-electron chi connectivity index (χ2n) is 7.17. The molecule has 3 atom stereocenters. The molecule has 134 valence electrons. The van der Waals surface area contributed by atoms with Crippen molar-refractivity contribution in [2.75, 3.05) is 13.3 Å². The van der Waals surface area contributed by atoms with Crippen LogP contribution in [0, 0.1) is 0 Å². The lowest BCUT2D eigenvalue weighted by molar-refractivity contribution is -0.000264. The normalized spacial score (nSPS) is 26.9. The molecule has 1 aromatic carbocycles. The second kappa shape index (κ2) is 5.85. The summed E-state index contributed by atoms with van der Waals surface area (Å²) in [6, 6.07) is 7.97. The fourth-order valence-electron chi connectivity index (χ4n) is 4.26. The standard InChI is InChI=1S/C18H22N2O4S/c1-19-12-7-8-13(19)10-14(9-12)24-18(21)16-11-20(25(2,22)23)17-6-4-3-5-15(16)17/h3-6,11-14H,7-10H2,1-2H3/t12-,13+,14?. The lowest BCUT2D eigenvalue weighted by Gasteiger charge is -2.35. The van der Waals surface area contributed by atoms with E-state index in [4.69, 9.17) is 4.74 Å². The Labute approximate surface area is 147 Å². The number of hydrogen-bond donors (Lipinski definition) is 0. The number of fused-ring (bicyclic) bond motifs is 3. The van der Waals surface area contributed by atoms with Gasteiger partial charge in [0.05, 0.1) is 17.3 Å². The Balaban J connectivity index is 1.63. The molecular formula is C18H22N2O4S. The van der Waals surface area contributed by atoms with Crippen LogP contribution in [0.5, 0.6) is 0 Å². The fraction of sp³-hybridized carbons (Fsp3) is 0.500. The Morgan fingerprint density at radius 2 is 1.80 bits per heavy atom. The van der Waals surface area contributed by atoms with Crippen LogP contribution in [0.25, 0.3) is 10.9 Å². The molecule has 25 heavy (non-hydrogen) atoms. The number of piperidine rings is 1. The number of ether oxygens (including phenoxy) is 1. The maximum absolute atomic E-state index is 12.7. The molecular weight excluding hydrogens is 340 g/mol. The first kappa shape index (κ1) is 16.6. The van der Waals surface area contributed by atoms with E-state index < -0.39 is 16.0 Å². The van der Waals surface area contributed by atoms with Gasteiger partial charge in [-0.15, -0.1) is 0 Å². The molecule has 0 radical (unpaired) electrons. The topological polar surface area (TPSA) is 68.6 Å². The summed E-state index contributed by atoms with van der Waals surface area (Å²) in [5, 5.41) is 0.605. The minimum absolute atomic E-state index is 0.0958. The van der Waals surface area contributed by atoms with E-state index in [1.807, 2.05) is 0 Å². The van der Waals surface area contributed by atoms with Crippen molar-refractivity contribution in [3.8, 4) is 0 Å². The van der Waals surface area contributed by atoms with Gasteiger partial charge >= 0.3 is 5.97 Å². The van der Waals surface area contributed by atoms with Crippen molar-refractivity contribution in [3.63, 3.8) is 0 Å². The maximum atomic E-state index is 12.7. The first-order chi connectivity index (χ1) is 11.8. The molecule has 2 fully saturated rings. The summed E-state index contributed by atoms with van der Waals surface area (Å²) in [5.41, 5.74) is 0.813. The summed E-state index contributed by atoms with van der Waals surface area (Å²) in [6.07, 6.45) is 6.43. The molecule has 6 nitrogen and oxygen atoms in total. The number of benzene rings is 1. The lowest BCUT2D eigenvalue weighted by atomic mass is 10.0. The molecule has 2 aliphatic heterocycles. The predicted molar refractivity (Wildman–Crippen MR) is 95.2 cm³/mol. The van der Waals surface area contributed by atoms with Crippen molar-refractivity contribution in [1.29, 1.82) is 0 Å². The number of aromatic nitrogens is 1. The number of nitrogens with zero attached hydrogens (tertiary/aromatic N) is 2. The van der Waals surface area contributed by atoms with Crippen LogP contribution < -0.4 is 0 Å². The van der Waals surface area contributed by atoms with E-state index in [0.29, 0.717) is 28.6 Å². The molecule has 0 aliphatic carbocycles. The van der Waals surface area contributed by atoms with Gasteiger partial charge in [-0.1, -0.05) is 18.2 Å². The van der Waals surface area contributed by atoms with Crippen molar-refractivity contribution in [3.05, 3.63) is 36.0 Å². The minimum atomic E-state index is -3.49. The van der Waals surface area contributed by atoms with Crippen molar-refractivity contribution < 1.29 is 17.9 Å². The van der Waals surface area contributed by atoms with Crippen molar-refractivity contribution in [2.45, 2.75) is 43.9 Å². The quantitative estimate of drug-likeness (QED) is 0.783. The Morgan fingerprint density at radius 1 is 1.16 bits per heavy atom. The van der Waals surface area contributed by atoms with Gasteiger partial charge in [0.1, 0.15) is 6.10 Å². The van der Waals surface area contributed by atoms with E-state index >= 15 is 0 Å². The second-order valence-corrected chi connectivity index (χ2v) is 9.03. The molecule has 0 saturated carbocycles. The third-order valence-corrected chi connectivity index (χ3v) is 6.60. The maximum Gasteiger partial charge on any atom is 0.340 e. The lowest BCUT2D eigenvalue weighted by Crippen LogP contribution is -2.43. The highest BCUT2D eigenvalue weighted by Crippen LogP contribution is 2.36. The van der Waals surface area contributed by atoms with Crippen LogP contribution >= 0.6 is 0 Å². The molecule has 1 aromatic heterocycles. The van der Waals surface area contributed by atoms with Gasteiger partial charge in [-0.25, -0.2) is 17.2 Å². The SMILES string of the molecule is CN1[C@@H]2CC[C@H]1CC(OC(=O)c1cn(S(C)(=O)=O)c3ccccc13)C2. The van der Waals surface area contributed by atoms with Crippen molar-refractivity contribution in [2.24, 2.45) is 0 Å². The first-order valence-corrected chi connectivity index (χ1v) is 10.4. The largest absolute Gasteiger partial charge is 0.459 e. The first-order valence-electron chi connectivity index (χ1n) is 8.58. The summed E-state index contributed by atoms with van der Waals surface area (Å²) in [4.78, 5) is 15.1. The number of carbonyl (C=O) groups is 1. The molecule has 2 bridgehead atoms. The number of esters is 1. The summed E-state index contributed by atoms with van der Waals surface area (Å²) >= 11 is 0. The van der Waals surface area contributed by atoms with E-state index in [1.165, 1.54) is 6.20 Å². The molecule has 0 amide bonds. The van der Waals surface area contributed by atoms with Gasteiger partial charge in [0, 0.05) is 36.5 Å². The number of para-hydroxylation sites is 1. The van der Waals surface area contributed by atoms with Gasteiger partial charge in [0.2, 0.25) is 10.0 Å². The zero-order valence-electron chi connectivity index (χ0n) is 14.4. The Morgan fingerprint density at radius 3 is 2.44 bits per heavy atom. The number of hydrogen-bond acceptors (Lipinski definition) is 5. The molecule has 2 aliphatic rings. The van der Waals surface area contributed by atoms with Crippen molar-refractivity contribution in [1.82, 2.24) is 8.87 Å². The van der Waals surface area contributed by atoms with Crippen LogP contribution in [-0.2, 0) is 14.8 Å². The number of carbonyl (C=O) groups excluding carboxylic acids is 1. The molecule has 2 saturated heterocycles. The van der Waals surface area contributed by atoms with Gasteiger partial charge in [-0.2, -0.15) is 0 Å². The highest BCUT2D eigenvalue weighted by atomic mass is 32.2. The molecule has 1 unspecified atom stereocenters. The molecule has 2 aromatic rings. The van der Waals surface area contributed by atoms with Crippen LogP contribution in [0.1, 0.15) is 36.0 Å². The Kier molecular flexibility index (Phi) is 3.88. The molecule has 3 heterocycles. The van der Waals surface area contributed by atoms with Gasteiger partial charge in [0.25, 0.3) is 0 Å². The zero-order chi connectivity index (χ0) is 17.8. The Hall–Kier alpha value is -1.86. The summed E-state index contributed by atoms with van der Waals surface area (Å²) in [6.45, 7) is 0. The summed E-state index contributed by atoms with van der Waals surface area (Å²) in [5.74, 6) is -0.437. The van der Waals surface area contributed by atoms with Gasteiger partial charge < -0.3 is 9.64 Å². The highest BCUT2D eigenvalue weighted by molar-refractivity contribution is 7.89. The zero-order valence-corrected chi connectivity index (χ0v) is 15.2. The smallest absolute Gasteiger partial charge is 0.340 e. The van der Waals surface area contributed by atoms with Crippen molar-refractivity contribution >= 4 is 26.9 Å². The van der Waals surface area contributed by atoms with Crippen LogP contribution in [-0.4, -0.2) is 54.8 Å². The monoisotopic (exact) mass is 362 g/mol. The third kappa shape index (κ3) is 2.85. The van der Waals surface area contributed by atoms with E-state index in [1.54, 1.807) is 24.3 Å². The van der Waals surface area contributed by atoms with Gasteiger partial charge in [-0.3, -0.25) is 0 Å². The molecule has 7 heteroatoms. The van der Waals surface area contributed by atoms with E-state index in [9.17, 15) is 13.2 Å². The minimum Gasteiger partial charge on any atom is -0.459 e. The van der Waals surface area contributed by atoms with Gasteiger partial charge in [-0.05, 0) is 26.0 Å². The summed E-state index contributed by atoms with van der Waals surface area (Å²) < 4.78 is 30.9. The van der Waals surface area contributed by atoms with Crippen LogP contribution in [0.2, 0.25) is 0 Å². The predicted octanol–water partition coefficient (Wildman–Crippen LogP) is 2.23. The van der Waals surface area contributed by atoms with Crippen LogP contribution in [0.3, 0.4) is 0 Å². The van der Waals surface area contributed by atoms with E-state index in [-0.39, 0.29) is 6.10 Å². The third-order valence-electron chi connectivity index (χ3n) is 5.58. The average Bonchev–Trinajstić information content (AvgIpc) is 3.02. The fourth-order valence-corrected chi connectivity index (χ4v) is 5.07. The summed E-state index contributed by atoms with van der Waals surface area (Å²) in [7, 11) is -1.35. The molecule has 0 N–H and O–H groups in total.